The molecule has 0 aliphatic heterocycles. The molecule has 0 unspecified atom stereocenters. The highest BCUT2D eigenvalue weighted by atomic mass is 32.2. The van der Waals surface area contributed by atoms with Gasteiger partial charge in [0.15, 0.2) is 11.5 Å². The zero-order valence-electron chi connectivity index (χ0n) is 11.5. The van der Waals surface area contributed by atoms with Gasteiger partial charge in [-0.2, -0.15) is 0 Å². The van der Waals surface area contributed by atoms with Crippen molar-refractivity contribution in [1.82, 2.24) is 4.98 Å². The number of benzene rings is 1. The van der Waals surface area contributed by atoms with Crippen LogP contribution in [0.4, 0.5) is 0 Å². The summed E-state index contributed by atoms with van der Waals surface area (Å²) in [6, 6.07) is 10.5. The molecule has 110 valence electrons. The Bertz CT molecular complexity index is 618. The lowest BCUT2D eigenvalue weighted by Crippen LogP contribution is -2.04. The molecule has 6 heteroatoms. The van der Waals surface area contributed by atoms with Gasteiger partial charge < -0.3 is 14.6 Å². The van der Waals surface area contributed by atoms with E-state index in [2.05, 4.69) is 4.98 Å². The smallest absolute Gasteiger partial charge is 0.338 e. The van der Waals surface area contributed by atoms with E-state index in [0.717, 1.165) is 0 Å². The minimum absolute atomic E-state index is 0.208. The first kappa shape index (κ1) is 15.2. The van der Waals surface area contributed by atoms with E-state index in [4.69, 9.17) is 14.6 Å². The molecule has 0 amide bonds. The maximum Gasteiger partial charge on any atom is 0.338 e. The summed E-state index contributed by atoms with van der Waals surface area (Å²) in [7, 11) is 1.59. The molecule has 1 N–H and O–H groups in total. The van der Waals surface area contributed by atoms with Crippen LogP contribution in [0.5, 0.6) is 11.5 Å². The van der Waals surface area contributed by atoms with E-state index >= 15 is 0 Å². The normalized spacial score (nSPS) is 10.1. The molecule has 21 heavy (non-hydrogen) atoms. The van der Waals surface area contributed by atoms with E-state index in [9.17, 15) is 4.79 Å². The number of pyridine rings is 1. The lowest BCUT2D eigenvalue weighted by atomic mass is 10.3. The molecular formula is C15H15NO4S. The highest BCUT2D eigenvalue weighted by Crippen LogP contribution is 2.26. The van der Waals surface area contributed by atoms with Gasteiger partial charge in [-0.1, -0.05) is 12.1 Å². The third kappa shape index (κ3) is 4.13. The minimum Gasteiger partial charge on any atom is -0.493 e. The van der Waals surface area contributed by atoms with Crippen LogP contribution in [0, 0.1) is 0 Å². The molecule has 0 aliphatic carbocycles. The van der Waals surface area contributed by atoms with Crippen molar-refractivity contribution in [3.8, 4) is 11.5 Å². The third-order valence-corrected chi connectivity index (χ3v) is 3.62. The summed E-state index contributed by atoms with van der Waals surface area (Å²) in [6.45, 7) is 0.431. The van der Waals surface area contributed by atoms with Crippen molar-refractivity contribution < 1.29 is 19.4 Å². The SMILES string of the molecule is COc1ccccc1OCCSc1ncccc1C(=O)O. The second-order valence-corrected chi connectivity index (χ2v) is 5.09. The van der Waals surface area contributed by atoms with Crippen molar-refractivity contribution in [3.05, 3.63) is 48.2 Å². The topological polar surface area (TPSA) is 68.7 Å². The molecular weight excluding hydrogens is 290 g/mol. The highest BCUT2D eigenvalue weighted by Gasteiger charge is 2.11. The number of aromatic carboxylic acids is 1. The summed E-state index contributed by atoms with van der Waals surface area (Å²) in [5.74, 6) is 0.956. The number of rotatable bonds is 7. The van der Waals surface area contributed by atoms with Crippen LogP contribution < -0.4 is 9.47 Å². The number of aromatic nitrogens is 1. The second kappa shape index (κ2) is 7.54. The molecule has 0 saturated heterocycles. The van der Waals surface area contributed by atoms with Gasteiger partial charge in [-0.25, -0.2) is 9.78 Å². The molecule has 0 aliphatic rings. The molecule has 2 rings (SSSR count). The number of ether oxygens (including phenoxy) is 2. The van der Waals surface area contributed by atoms with Crippen molar-refractivity contribution in [2.45, 2.75) is 5.03 Å². The Labute approximate surface area is 126 Å². The standard InChI is InChI=1S/C15H15NO4S/c1-19-12-6-2-3-7-13(12)20-9-10-21-14-11(15(17)18)5-4-8-16-14/h2-8H,9-10H2,1H3,(H,17,18). The molecule has 0 fully saturated rings. The predicted molar refractivity (Wildman–Crippen MR) is 80.4 cm³/mol. The summed E-state index contributed by atoms with van der Waals surface area (Å²) in [5.41, 5.74) is 0.208. The largest absolute Gasteiger partial charge is 0.493 e. The molecule has 5 nitrogen and oxygen atoms in total. The molecule has 1 aromatic carbocycles. The monoisotopic (exact) mass is 305 g/mol. The number of methoxy groups -OCH3 is 1. The van der Waals surface area contributed by atoms with Crippen LogP contribution in [0.25, 0.3) is 0 Å². The van der Waals surface area contributed by atoms with Gasteiger partial charge in [0.1, 0.15) is 5.03 Å². The number of hydrogen-bond donors (Lipinski definition) is 1. The number of thioether (sulfide) groups is 1. The maximum atomic E-state index is 11.1. The summed E-state index contributed by atoms with van der Waals surface area (Å²) in [5, 5.41) is 9.56. The molecule has 0 spiro atoms. The summed E-state index contributed by atoms with van der Waals surface area (Å²) >= 11 is 1.35. The Morgan fingerprint density at radius 3 is 2.71 bits per heavy atom. The van der Waals surface area contributed by atoms with E-state index in [1.54, 1.807) is 25.4 Å². The number of hydrogen-bond acceptors (Lipinski definition) is 5. The predicted octanol–water partition coefficient (Wildman–Crippen LogP) is 2.96. The average molecular weight is 305 g/mol. The van der Waals surface area contributed by atoms with E-state index in [1.807, 2.05) is 24.3 Å². The average Bonchev–Trinajstić information content (AvgIpc) is 2.52. The van der Waals surface area contributed by atoms with Gasteiger partial charge in [0.2, 0.25) is 0 Å². The van der Waals surface area contributed by atoms with Crippen LogP contribution in [0.1, 0.15) is 10.4 Å². The summed E-state index contributed by atoms with van der Waals surface area (Å²) in [6.07, 6.45) is 1.58. The van der Waals surface area contributed by atoms with Crippen molar-refractivity contribution >= 4 is 17.7 Å². The second-order valence-electron chi connectivity index (χ2n) is 4.01. The zero-order valence-corrected chi connectivity index (χ0v) is 12.3. The van der Waals surface area contributed by atoms with Gasteiger partial charge in [-0.05, 0) is 24.3 Å². The van der Waals surface area contributed by atoms with Crippen LogP contribution in [0.15, 0.2) is 47.6 Å². The maximum absolute atomic E-state index is 11.1. The zero-order chi connectivity index (χ0) is 15.1. The fraction of sp³-hybridized carbons (Fsp3) is 0.200. The van der Waals surface area contributed by atoms with Gasteiger partial charge in [0, 0.05) is 11.9 Å². The fourth-order valence-corrected chi connectivity index (χ4v) is 2.50. The van der Waals surface area contributed by atoms with Crippen LogP contribution in [-0.2, 0) is 0 Å². The molecule has 2 aromatic rings. The van der Waals surface area contributed by atoms with Crippen molar-refractivity contribution in [2.75, 3.05) is 19.5 Å². The molecule has 0 atom stereocenters. The van der Waals surface area contributed by atoms with Gasteiger partial charge in [0.05, 0.1) is 19.3 Å². The van der Waals surface area contributed by atoms with E-state index < -0.39 is 5.97 Å². The van der Waals surface area contributed by atoms with Gasteiger partial charge in [-0.15, -0.1) is 11.8 Å². The number of carbonyl (C=O) groups is 1. The highest BCUT2D eigenvalue weighted by molar-refractivity contribution is 7.99. The van der Waals surface area contributed by atoms with Crippen molar-refractivity contribution in [1.29, 1.82) is 0 Å². The van der Waals surface area contributed by atoms with E-state index in [-0.39, 0.29) is 5.56 Å². The van der Waals surface area contributed by atoms with Gasteiger partial charge in [-0.3, -0.25) is 0 Å². The third-order valence-electron chi connectivity index (χ3n) is 2.65. The minimum atomic E-state index is -0.976. The van der Waals surface area contributed by atoms with E-state index in [1.165, 1.54) is 11.8 Å². The van der Waals surface area contributed by atoms with Gasteiger partial charge >= 0.3 is 5.97 Å². The lowest BCUT2D eigenvalue weighted by Gasteiger charge is -2.10. The number of carboxylic acids is 1. The molecule has 0 bridgehead atoms. The Morgan fingerprint density at radius 2 is 2.00 bits per heavy atom. The summed E-state index contributed by atoms with van der Waals surface area (Å²) in [4.78, 5) is 15.1. The first-order valence-corrected chi connectivity index (χ1v) is 7.28. The first-order chi connectivity index (χ1) is 10.2. The van der Waals surface area contributed by atoms with Crippen LogP contribution in [0.3, 0.4) is 0 Å². The van der Waals surface area contributed by atoms with Crippen molar-refractivity contribution in [3.63, 3.8) is 0 Å². The van der Waals surface area contributed by atoms with Crippen molar-refractivity contribution in [2.24, 2.45) is 0 Å². The van der Waals surface area contributed by atoms with Crippen LogP contribution in [-0.4, -0.2) is 35.5 Å². The quantitative estimate of drug-likeness (QED) is 0.626. The van der Waals surface area contributed by atoms with Gasteiger partial charge in [0.25, 0.3) is 0 Å². The fourth-order valence-electron chi connectivity index (χ4n) is 1.70. The Hall–Kier alpha value is -2.21. The molecule has 1 aromatic heterocycles. The summed E-state index contributed by atoms with van der Waals surface area (Å²) < 4.78 is 10.8. The van der Waals surface area contributed by atoms with E-state index in [0.29, 0.717) is 28.9 Å². The number of nitrogens with zero attached hydrogens (tertiary/aromatic N) is 1. The first-order valence-electron chi connectivity index (χ1n) is 6.29. The number of para-hydroxylation sites is 2. The lowest BCUT2D eigenvalue weighted by molar-refractivity contribution is 0.0692. The Morgan fingerprint density at radius 1 is 1.24 bits per heavy atom. The van der Waals surface area contributed by atoms with Crippen LogP contribution >= 0.6 is 11.8 Å². The number of carboxylic acid groups (broad SMARTS) is 1. The van der Waals surface area contributed by atoms with Crippen LogP contribution in [0.2, 0.25) is 0 Å². The Kier molecular flexibility index (Phi) is 5.45. The molecule has 0 saturated carbocycles. The molecule has 1 heterocycles. The Balaban J connectivity index is 1.89. The molecule has 0 radical (unpaired) electrons.